The topological polar surface area (TPSA) is 58.9 Å². The van der Waals surface area contributed by atoms with E-state index in [9.17, 15) is 36.6 Å². The van der Waals surface area contributed by atoms with Crippen LogP contribution in [0, 0.1) is 0 Å². The van der Waals surface area contributed by atoms with Crippen LogP contribution in [-0.2, 0) is 20.7 Å². The molecule has 0 radical (unpaired) electrons. The fourth-order valence-electron chi connectivity index (χ4n) is 3.50. The molecular formula is C25H36F6O4. The second kappa shape index (κ2) is 9.68. The molecule has 202 valence electrons. The minimum absolute atomic E-state index is 0.454. The number of allylic oxidation sites excluding steroid dienone is 1. The van der Waals surface area contributed by atoms with Gasteiger partial charge in [-0.1, -0.05) is 24.3 Å². The minimum Gasteiger partial charge on any atom is -0.379 e. The highest BCUT2D eigenvalue weighted by atomic mass is 19.4. The van der Waals surface area contributed by atoms with Gasteiger partial charge in [-0.25, -0.2) is 0 Å². The lowest BCUT2D eigenvalue weighted by Gasteiger charge is -2.40. The molecule has 0 saturated carbocycles. The summed E-state index contributed by atoms with van der Waals surface area (Å²) in [6.45, 7) is 15.2. The summed E-state index contributed by atoms with van der Waals surface area (Å²) in [5, 5.41) is 19.9. The molecule has 0 fully saturated rings. The van der Waals surface area contributed by atoms with Crippen LogP contribution in [0.5, 0.6) is 0 Å². The van der Waals surface area contributed by atoms with E-state index in [1.54, 1.807) is 39.0 Å². The van der Waals surface area contributed by atoms with E-state index < -0.39 is 47.0 Å². The molecule has 0 aromatic heterocycles. The Morgan fingerprint density at radius 1 is 0.771 bits per heavy atom. The molecule has 10 heteroatoms. The highest BCUT2D eigenvalue weighted by molar-refractivity contribution is 5.66. The lowest BCUT2D eigenvalue weighted by Crippen LogP contribution is -2.53. The SMILES string of the molecule is C=C(C)c1cc(C(C)(C)OC(C)C(C)(O)C(F)(F)F)ccc1C(C)(C)OC(C)C(C)(O)C(F)(F)F. The van der Waals surface area contributed by atoms with Gasteiger partial charge in [-0.3, -0.25) is 0 Å². The molecule has 4 unspecified atom stereocenters. The van der Waals surface area contributed by atoms with Gasteiger partial charge in [-0.15, -0.1) is 0 Å². The van der Waals surface area contributed by atoms with Crippen molar-refractivity contribution in [3.63, 3.8) is 0 Å². The molecule has 0 aliphatic carbocycles. The average Bonchev–Trinajstić information content (AvgIpc) is 2.64. The normalized spacial score (nSPS) is 19.0. The van der Waals surface area contributed by atoms with Gasteiger partial charge < -0.3 is 19.7 Å². The third kappa shape index (κ3) is 6.58. The molecule has 35 heavy (non-hydrogen) atoms. The van der Waals surface area contributed by atoms with Crippen molar-refractivity contribution in [1.29, 1.82) is 0 Å². The molecule has 0 saturated heterocycles. The van der Waals surface area contributed by atoms with Crippen LogP contribution >= 0.6 is 0 Å². The van der Waals surface area contributed by atoms with Crippen molar-refractivity contribution in [1.82, 2.24) is 0 Å². The minimum atomic E-state index is -4.92. The average molecular weight is 515 g/mol. The Bertz CT molecular complexity index is 914. The predicted octanol–water partition coefficient (Wildman–Crippen LogP) is 6.63. The van der Waals surface area contributed by atoms with Crippen molar-refractivity contribution in [2.24, 2.45) is 0 Å². The summed E-state index contributed by atoms with van der Waals surface area (Å²) >= 11 is 0. The van der Waals surface area contributed by atoms with Crippen LogP contribution < -0.4 is 0 Å². The van der Waals surface area contributed by atoms with E-state index in [-0.39, 0.29) is 0 Å². The van der Waals surface area contributed by atoms with E-state index in [0.29, 0.717) is 36.1 Å². The van der Waals surface area contributed by atoms with Gasteiger partial charge in [0.05, 0.1) is 23.4 Å². The van der Waals surface area contributed by atoms with Crippen molar-refractivity contribution in [2.45, 2.75) is 109 Å². The largest absolute Gasteiger partial charge is 0.419 e. The molecule has 2 N–H and O–H groups in total. The fraction of sp³-hybridized carbons (Fsp3) is 0.680. The molecule has 4 nitrogen and oxygen atoms in total. The van der Waals surface area contributed by atoms with Crippen LogP contribution in [0.25, 0.3) is 5.57 Å². The van der Waals surface area contributed by atoms with E-state index in [2.05, 4.69) is 6.58 Å². The van der Waals surface area contributed by atoms with Crippen molar-refractivity contribution < 1.29 is 46.0 Å². The quantitative estimate of drug-likeness (QED) is 0.364. The molecule has 1 rings (SSSR count). The molecule has 0 heterocycles. The highest BCUT2D eigenvalue weighted by Crippen LogP contribution is 2.41. The molecule has 4 atom stereocenters. The lowest BCUT2D eigenvalue weighted by molar-refractivity contribution is -0.298. The number of alkyl halides is 6. The lowest BCUT2D eigenvalue weighted by atomic mass is 9.85. The first-order valence-electron chi connectivity index (χ1n) is 11.0. The molecule has 0 amide bonds. The molecule has 0 spiro atoms. The number of aliphatic hydroxyl groups is 2. The number of hydrogen-bond acceptors (Lipinski definition) is 4. The van der Waals surface area contributed by atoms with Crippen molar-refractivity contribution in [2.75, 3.05) is 0 Å². The van der Waals surface area contributed by atoms with Crippen molar-refractivity contribution in [3.05, 3.63) is 41.5 Å². The van der Waals surface area contributed by atoms with Crippen LogP contribution in [-0.4, -0.2) is 46.0 Å². The summed E-state index contributed by atoms with van der Waals surface area (Å²) in [5.41, 5.74) is -6.84. The van der Waals surface area contributed by atoms with Gasteiger partial charge in [-0.05, 0) is 85.1 Å². The van der Waals surface area contributed by atoms with Gasteiger partial charge >= 0.3 is 12.4 Å². The van der Waals surface area contributed by atoms with Crippen LogP contribution in [0.3, 0.4) is 0 Å². The summed E-state index contributed by atoms with van der Waals surface area (Å²) < 4.78 is 90.8. The number of benzene rings is 1. The molecule has 0 aliphatic heterocycles. The van der Waals surface area contributed by atoms with E-state index >= 15 is 0 Å². The zero-order valence-corrected chi connectivity index (χ0v) is 21.6. The van der Waals surface area contributed by atoms with Crippen LogP contribution in [0.2, 0.25) is 0 Å². The Morgan fingerprint density at radius 2 is 1.14 bits per heavy atom. The first kappa shape index (κ1) is 31.4. The summed E-state index contributed by atoms with van der Waals surface area (Å²) in [6, 6.07) is 4.75. The number of halogens is 6. The van der Waals surface area contributed by atoms with Crippen LogP contribution in [0.1, 0.15) is 79.0 Å². The standard InChI is InChI=1S/C25H36F6O4/c1-14(2)18-13-17(20(5,6)34-15(3)22(9,32)24(26,27)28)11-12-19(18)21(7,8)35-16(4)23(10,33)25(29,30)31/h11-13,15-16,32-33H,1H2,2-10H3. The zero-order valence-electron chi connectivity index (χ0n) is 21.6. The smallest absolute Gasteiger partial charge is 0.379 e. The summed E-state index contributed by atoms with van der Waals surface area (Å²) in [6.07, 6.45) is -13.1. The van der Waals surface area contributed by atoms with Gasteiger partial charge in [0.25, 0.3) is 0 Å². The Hall–Kier alpha value is -1.62. The Morgan fingerprint density at radius 3 is 1.49 bits per heavy atom. The first-order chi connectivity index (χ1) is 15.3. The van der Waals surface area contributed by atoms with E-state index in [1.807, 2.05) is 0 Å². The van der Waals surface area contributed by atoms with Gasteiger partial charge in [0.1, 0.15) is 0 Å². The molecular weight excluding hydrogens is 478 g/mol. The van der Waals surface area contributed by atoms with Gasteiger partial charge in [0, 0.05) is 0 Å². The fourth-order valence-corrected chi connectivity index (χ4v) is 3.50. The molecule has 1 aromatic rings. The number of ether oxygens (including phenoxy) is 2. The van der Waals surface area contributed by atoms with Crippen molar-refractivity contribution in [3.8, 4) is 0 Å². The maximum atomic E-state index is 13.3. The first-order valence-corrected chi connectivity index (χ1v) is 11.0. The maximum absolute atomic E-state index is 13.3. The van der Waals surface area contributed by atoms with Crippen molar-refractivity contribution >= 4 is 5.57 Å². The molecule has 0 aliphatic rings. The van der Waals surface area contributed by atoms with E-state index in [1.165, 1.54) is 13.8 Å². The maximum Gasteiger partial charge on any atom is 0.419 e. The third-order valence-electron chi connectivity index (χ3n) is 6.50. The Labute approximate surface area is 202 Å². The monoisotopic (exact) mass is 514 g/mol. The Balaban J connectivity index is 3.40. The van der Waals surface area contributed by atoms with Gasteiger partial charge in [-0.2, -0.15) is 26.3 Å². The van der Waals surface area contributed by atoms with Gasteiger partial charge in [0.2, 0.25) is 0 Å². The summed E-state index contributed by atoms with van der Waals surface area (Å²) in [5.74, 6) is 0. The summed E-state index contributed by atoms with van der Waals surface area (Å²) in [7, 11) is 0. The van der Waals surface area contributed by atoms with Gasteiger partial charge in [0.15, 0.2) is 11.2 Å². The highest BCUT2D eigenvalue weighted by Gasteiger charge is 2.56. The zero-order chi connectivity index (χ0) is 28.0. The summed E-state index contributed by atoms with van der Waals surface area (Å²) in [4.78, 5) is 0. The van der Waals surface area contributed by atoms with Crippen LogP contribution in [0.15, 0.2) is 24.8 Å². The second-order valence-corrected chi connectivity index (χ2v) is 10.4. The Kier molecular flexibility index (Phi) is 8.69. The third-order valence-corrected chi connectivity index (χ3v) is 6.50. The predicted molar refractivity (Wildman–Crippen MR) is 122 cm³/mol. The number of rotatable bonds is 9. The molecule has 0 bridgehead atoms. The second-order valence-electron chi connectivity index (χ2n) is 10.4. The molecule has 1 aromatic carbocycles. The number of hydrogen-bond donors (Lipinski definition) is 2. The van der Waals surface area contributed by atoms with Crippen LogP contribution in [0.4, 0.5) is 26.3 Å². The van der Waals surface area contributed by atoms with E-state index in [0.717, 1.165) is 13.8 Å². The van der Waals surface area contributed by atoms with E-state index in [4.69, 9.17) is 9.47 Å².